The van der Waals surface area contributed by atoms with E-state index in [1.165, 1.54) is 4.90 Å². The summed E-state index contributed by atoms with van der Waals surface area (Å²) in [5, 5.41) is 12.8. The van der Waals surface area contributed by atoms with Gasteiger partial charge in [-0.15, -0.1) is 0 Å². The van der Waals surface area contributed by atoms with Crippen molar-refractivity contribution in [2.45, 2.75) is 76.0 Å². The number of carbonyl (C=O) groups is 4. The zero-order chi connectivity index (χ0) is 36.7. The van der Waals surface area contributed by atoms with Gasteiger partial charge in [0.25, 0.3) is 5.91 Å². The largest absolute Gasteiger partial charge is 0.455 e. The van der Waals surface area contributed by atoms with Crippen LogP contribution < -0.4 is 4.90 Å². The quantitative estimate of drug-likeness (QED) is 0.277. The highest BCUT2D eigenvalue weighted by atomic mass is 16.6. The van der Waals surface area contributed by atoms with E-state index < -0.39 is 59.6 Å². The lowest BCUT2D eigenvalue weighted by Crippen LogP contribution is -2.59. The molecule has 4 aliphatic rings. The van der Waals surface area contributed by atoms with Crippen molar-refractivity contribution in [3.05, 3.63) is 103 Å². The first-order valence-electron chi connectivity index (χ1n) is 18.4. The van der Waals surface area contributed by atoms with Gasteiger partial charge < -0.3 is 29.3 Å². The minimum atomic E-state index is -1.53. The van der Waals surface area contributed by atoms with Crippen LogP contribution in [-0.4, -0.2) is 88.6 Å². The zero-order valence-electron chi connectivity index (χ0n) is 30.1. The molecule has 0 aliphatic carbocycles. The summed E-state index contributed by atoms with van der Waals surface area (Å²) in [5.41, 5.74) is -0.145. The number of carbonyl (C=O) groups excluding carboxylic acids is 4. The summed E-state index contributed by atoms with van der Waals surface area (Å²) in [7, 11) is 1.71. The average molecular weight is 706 g/mol. The van der Waals surface area contributed by atoms with Crippen LogP contribution in [0.5, 0.6) is 0 Å². The number of hydrogen-bond donors (Lipinski definition) is 1. The van der Waals surface area contributed by atoms with Crippen LogP contribution in [0.3, 0.4) is 0 Å². The number of anilines is 1. The molecule has 1 N–H and O–H groups in total. The number of ether oxygens (including phenoxy) is 2. The Balaban J connectivity index is 1.35. The van der Waals surface area contributed by atoms with Crippen molar-refractivity contribution < 1.29 is 33.8 Å². The number of rotatable bonds is 6. The molecule has 1 spiro atoms. The molecule has 3 amide bonds. The van der Waals surface area contributed by atoms with E-state index in [-0.39, 0.29) is 37.3 Å². The Bertz CT molecular complexity index is 1910. The van der Waals surface area contributed by atoms with Crippen LogP contribution in [0, 0.1) is 17.8 Å². The summed E-state index contributed by atoms with van der Waals surface area (Å²) in [4.78, 5) is 62.9. The Morgan fingerprint density at radius 1 is 0.942 bits per heavy atom. The Morgan fingerprint density at radius 3 is 2.40 bits per heavy atom. The molecule has 9 atom stereocenters. The molecular formula is C42H47N3O7. The van der Waals surface area contributed by atoms with Gasteiger partial charge in [0.1, 0.15) is 23.7 Å². The molecule has 7 rings (SSSR count). The minimum Gasteiger partial charge on any atom is -0.455 e. The SMILES string of the molecule is CC[C@H](C)[C@H](CO)N1C(=O)[C@@H]2[C@H]3C(=O)O[C@H](c4ccccc4)[C@@H](C)N(C)C(=O)CC/C=C\[C@H]3O[C@@]23C=CCN(c2ccc4ccccc4c2)C(=O)[C@@H]13. The van der Waals surface area contributed by atoms with E-state index in [2.05, 4.69) is 0 Å². The molecule has 3 aromatic rings. The van der Waals surface area contributed by atoms with Crippen molar-refractivity contribution in [2.24, 2.45) is 17.8 Å². The highest BCUT2D eigenvalue weighted by molar-refractivity contribution is 6.06. The third-order valence-electron chi connectivity index (χ3n) is 11.8. The van der Waals surface area contributed by atoms with Crippen molar-refractivity contribution in [3.8, 4) is 0 Å². The maximum absolute atomic E-state index is 15.1. The number of likely N-dealkylation sites (tertiary alicyclic amines) is 1. The average Bonchev–Trinajstić information content (AvgIpc) is 3.55. The first-order chi connectivity index (χ1) is 25.1. The van der Waals surface area contributed by atoms with Gasteiger partial charge in [0.15, 0.2) is 0 Å². The fraction of sp³-hybridized carbons (Fsp3) is 0.429. The highest BCUT2D eigenvalue weighted by Crippen LogP contribution is 2.54. The lowest BCUT2D eigenvalue weighted by atomic mass is 9.77. The van der Waals surface area contributed by atoms with E-state index >= 15 is 9.59 Å². The lowest BCUT2D eigenvalue weighted by Gasteiger charge is -2.40. The second-order valence-electron chi connectivity index (χ2n) is 14.6. The third-order valence-corrected chi connectivity index (χ3v) is 11.8. The van der Waals surface area contributed by atoms with E-state index in [9.17, 15) is 14.7 Å². The summed E-state index contributed by atoms with van der Waals surface area (Å²) >= 11 is 0. The lowest BCUT2D eigenvalue weighted by molar-refractivity contribution is -0.164. The number of amides is 3. The molecule has 2 fully saturated rings. The monoisotopic (exact) mass is 705 g/mol. The van der Waals surface area contributed by atoms with Gasteiger partial charge in [-0.05, 0) is 47.7 Å². The Kier molecular flexibility index (Phi) is 9.80. The van der Waals surface area contributed by atoms with Crippen LogP contribution >= 0.6 is 0 Å². The van der Waals surface area contributed by atoms with E-state index in [0.29, 0.717) is 24.1 Å². The van der Waals surface area contributed by atoms with Gasteiger partial charge in [0, 0.05) is 25.7 Å². The summed E-state index contributed by atoms with van der Waals surface area (Å²) < 4.78 is 13.3. The molecule has 0 bridgehead atoms. The van der Waals surface area contributed by atoms with Crippen LogP contribution in [0.25, 0.3) is 10.8 Å². The van der Waals surface area contributed by atoms with Crippen LogP contribution in [0.4, 0.5) is 5.69 Å². The predicted molar refractivity (Wildman–Crippen MR) is 197 cm³/mol. The number of cyclic esters (lactones) is 1. The molecule has 0 unspecified atom stereocenters. The topological polar surface area (TPSA) is 117 Å². The molecule has 0 saturated carbocycles. The molecule has 0 aromatic heterocycles. The fourth-order valence-corrected chi connectivity index (χ4v) is 8.58. The minimum absolute atomic E-state index is 0.0916. The van der Waals surface area contributed by atoms with Crippen molar-refractivity contribution in [1.29, 1.82) is 0 Å². The molecule has 272 valence electrons. The number of nitrogens with zero attached hydrogens (tertiary/aromatic N) is 3. The van der Waals surface area contributed by atoms with Crippen LogP contribution in [-0.2, 0) is 28.7 Å². The second kappa shape index (κ2) is 14.3. The molecule has 2 saturated heterocycles. The van der Waals surface area contributed by atoms with Crippen LogP contribution in [0.1, 0.15) is 51.7 Å². The standard InChI is InChI=1S/C42H47N3O7/c1-5-26(2)32(25-46)45-38-40(49)44(31-21-20-28-14-9-10-17-30(28)24-31)23-13-22-42(38)36(39(45)48)35-33(52-42)18-11-12-19-34(47)43(4)27(3)37(51-41(35)50)29-15-7-6-8-16-29/h6-11,13-18,20-22,24,26-27,32-33,35-38,46H,5,12,19,23,25H2,1-4H3/b18-11-/t26-,27+,32-,33+,35-,36-,37-,38+,42-/m0/s1. The Labute approximate surface area is 304 Å². The predicted octanol–water partition coefficient (Wildman–Crippen LogP) is 5.21. The van der Waals surface area contributed by atoms with Gasteiger partial charge in [-0.3, -0.25) is 19.2 Å². The normalized spacial score (nSPS) is 31.2. The smallest absolute Gasteiger partial charge is 0.313 e. The van der Waals surface area contributed by atoms with E-state index in [1.807, 2.05) is 106 Å². The van der Waals surface area contributed by atoms with Gasteiger partial charge in [-0.2, -0.15) is 0 Å². The van der Waals surface area contributed by atoms with Crippen LogP contribution in [0.2, 0.25) is 0 Å². The number of hydrogen-bond acceptors (Lipinski definition) is 7. The van der Waals surface area contributed by atoms with Gasteiger partial charge >= 0.3 is 5.97 Å². The van der Waals surface area contributed by atoms with Crippen molar-refractivity contribution >= 4 is 40.2 Å². The maximum Gasteiger partial charge on any atom is 0.313 e. The summed E-state index contributed by atoms with van der Waals surface area (Å²) in [6.07, 6.45) is 6.75. The number of aliphatic hydroxyl groups is 1. The maximum atomic E-state index is 15.1. The first kappa shape index (κ1) is 35.6. The van der Waals surface area contributed by atoms with Gasteiger partial charge in [-0.25, -0.2) is 0 Å². The van der Waals surface area contributed by atoms with Crippen LogP contribution in [0.15, 0.2) is 97.1 Å². The summed E-state index contributed by atoms with van der Waals surface area (Å²) in [6, 6.07) is 20.6. The highest BCUT2D eigenvalue weighted by Gasteiger charge is 2.73. The molecular weight excluding hydrogens is 658 g/mol. The van der Waals surface area contributed by atoms with Gasteiger partial charge in [0.05, 0.1) is 30.7 Å². The molecule has 4 heterocycles. The number of aliphatic hydroxyl groups excluding tert-OH is 1. The number of allylic oxidation sites excluding steroid dienone is 1. The van der Waals surface area contributed by atoms with Crippen molar-refractivity contribution in [3.63, 3.8) is 0 Å². The van der Waals surface area contributed by atoms with Gasteiger partial charge in [0.2, 0.25) is 11.8 Å². The molecule has 3 aromatic carbocycles. The zero-order valence-corrected chi connectivity index (χ0v) is 30.1. The number of likely N-dealkylation sites (N-methyl/N-ethyl adjacent to an activating group) is 1. The van der Waals surface area contributed by atoms with Crippen molar-refractivity contribution in [1.82, 2.24) is 9.80 Å². The summed E-state index contributed by atoms with van der Waals surface area (Å²) in [5.74, 6) is -3.88. The fourth-order valence-electron chi connectivity index (χ4n) is 8.58. The van der Waals surface area contributed by atoms with E-state index in [4.69, 9.17) is 9.47 Å². The van der Waals surface area contributed by atoms with Gasteiger partial charge in [-0.1, -0.05) is 105 Å². The Hall–Kier alpha value is -4.80. The number of esters is 1. The van der Waals surface area contributed by atoms with E-state index in [0.717, 1.165) is 10.8 Å². The van der Waals surface area contributed by atoms with Crippen molar-refractivity contribution in [2.75, 3.05) is 25.1 Å². The number of fused-ring (bicyclic) bond motifs is 3. The Morgan fingerprint density at radius 2 is 1.67 bits per heavy atom. The summed E-state index contributed by atoms with van der Waals surface area (Å²) in [6.45, 7) is 5.64. The molecule has 10 heteroatoms. The third kappa shape index (κ3) is 5.91. The first-order valence-corrected chi connectivity index (χ1v) is 18.4. The molecule has 10 nitrogen and oxygen atoms in total. The van der Waals surface area contributed by atoms with E-state index in [1.54, 1.807) is 29.0 Å². The molecule has 4 aliphatic heterocycles. The molecule has 52 heavy (non-hydrogen) atoms. The second-order valence-corrected chi connectivity index (χ2v) is 14.6. The number of benzene rings is 3. The molecule has 0 radical (unpaired) electrons.